The summed E-state index contributed by atoms with van der Waals surface area (Å²) in [5.41, 5.74) is 1.00. The summed E-state index contributed by atoms with van der Waals surface area (Å²) in [5.74, 6) is -1.01. The topological polar surface area (TPSA) is 37.4 Å². The third-order valence-corrected chi connectivity index (χ3v) is 6.49. The quantitative estimate of drug-likeness (QED) is 0.249. The van der Waals surface area contributed by atoms with Gasteiger partial charge in [-0.05, 0) is 83.7 Å². The van der Waals surface area contributed by atoms with Crippen molar-refractivity contribution in [2.45, 2.75) is 39.7 Å². The molecule has 2 aromatic carbocycles. The maximum atomic E-state index is 13.3. The Morgan fingerprint density at radius 3 is 2.07 bits per heavy atom. The van der Waals surface area contributed by atoms with Crippen LogP contribution in [0.25, 0.3) is 0 Å². The minimum Gasteiger partial charge on any atom is -0.262 e. The van der Waals surface area contributed by atoms with E-state index < -0.39 is 21.5 Å². The van der Waals surface area contributed by atoms with Gasteiger partial charge < -0.3 is 0 Å². The van der Waals surface area contributed by atoms with Gasteiger partial charge in [-0.15, -0.1) is 12.4 Å². The second kappa shape index (κ2) is 9.76. The highest BCUT2D eigenvalue weighted by Crippen LogP contribution is 2.37. The van der Waals surface area contributed by atoms with Gasteiger partial charge in [-0.1, -0.05) is 35.7 Å². The zero-order valence-corrected chi connectivity index (χ0v) is 20.6. The van der Waals surface area contributed by atoms with E-state index in [1.807, 2.05) is 25.1 Å². The smallest absolute Gasteiger partial charge is 0.262 e. The lowest BCUT2D eigenvalue weighted by Gasteiger charge is -2.40. The Hall–Kier alpha value is -0.860. The van der Waals surface area contributed by atoms with Crippen LogP contribution in [0.2, 0.25) is 0 Å². The minimum absolute atomic E-state index is 0. The van der Waals surface area contributed by atoms with Crippen molar-refractivity contribution in [3.8, 4) is 0 Å². The van der Waals surface area contributed by atoms with Crippen molar-refractivity contribution >= 4 is 70.4 Å². The number of amides is 2. The second-order valence-electron chi connectivity index (χ2n) is 7.13. The minimum atomic E-state index is -0.913. The number of aryl methyl sites for hydroxylation is 1. The molecule has 1 unspecified atom stereocenters. The number of halogens is 4. The molecule has 0 bridgehead atoms. The monoisotopic (exact) mass is 555 g/mol. The van der Waals surface area contributed by atoms with Crippen LogP contribution in [-0.2, 0) is 6.42 Å². The van der Waals surface area contributed by atoms with Gasteiger partial charge in [-0.3, -0.25) is 4.79 Å². The largest absolute Gasteiger partial charge is 0.390 e. The first kappa shape index (κ1) is 25.2. The Morgan fingerprint density at radius 2 is 1.61 bits per heavy atom. The molecule has 0 N–H and O–H groups in total. The van der Waals surface area contributed by atoms with Crippen LogP contribution in [0.1, 0.15) is 54.0 Å². The van der Waals surface area contributed by atoms with E-state index in [1.165, 1.54) is 0 Å². The molecule has 0 spiro atoms. The summed E-state index contributed by atoms with van der Waals surface area (Å²) in [6, 6.07) is 14.2. The first-order valence-electron chi connectivity index (χ1n) is 8.52. The molecule has 28 heavy (non-hydrogen) atoms. The molecular weight excluding hydrogens is 533 g/mol. The highest BCUT2D eigenvalue weighted by Gasteiger charge is 2.56. The van der Waals surface area contributed by atoms with Crippen molar-refractivity contribution in [1.29, 1.82) is 0 Å². The van der Waals surface area contributed by atoms with Crippen molar-refractivity contribution < 1.29 is 13.7 Å². The molecule has 2 amide bonds. The van der Waals surface area contributed by atoms with Crippen molar-refractivity contribution in [2.75, 3.05) is 0 Å². The van der Waals surface area contributed by atoms with Crippen molar-refractivity contribution in [2.24, 2.45) is 0 Å². The molecule has 0 aliphatic heterocycles. The summed E-state index contributed by atoms with van der Waals surface area (Å²) in [5, 5.41) is 0. The molecule has 0 radical (unpaired) electrons. The third kappa shape index (κ3) is 4.82. The average molecular weight is 557 g/mol. The fraction of sp³-hybridized carbons (Fsp3) is 0.300. The molecule has 0 aliphatic carbocycles. The lowest BCUT2D eigenvalue weighted by molar-refractivity contribution is -0.871. The van der Waals surface area contributed by atoms with Crippen LogP contribution in [0.15, 0.2) is 48.5 Å². The molecule has 152 valence electrons. The van der Waals surface area contributed by atoms with Gasteiger partial charge in [0, 0.05) is 3.57 Å². The fourth-order valence-electron chi connectivity index (χ4n) is 2.56. The van der Waals surface area contributed by atoms with Gasteiger partial charge in [-0.2, -0.15) is 0 Å². The van der Waals surface area contributed by atoms with Crippen molar-refractivity contribution in [3.63, 3.8) is 0 Å². The van der Waals surface area contributed by atoms with E-state index in [-0.39, 0.29) is 12.4 Å². The molecule has 0 aliphatic rings. The number of carbonyl (C=O) groups excluding carboxylic acids is 2. The Balaban J connectivity index is 0.00000392. The van der Waals surface area contributed by atoms with E-state index in [1.54, 1.807) is 51.1 Å². The van der Waals surface area contributed by atoms with Crippen LogP contribution >= 0.6 is 58.6 Å². The molecular formula is C20H23Cl3IN2O2+. The first-order valence-corrected chi connectivity index (χ1v) is 10.3. The molecule has 0 saturated heterocycles. The van der Waals surface area contributed by atoms with Crippen LogP contribution < -0.4 is 0 Å². The summed E-state index contributed by atoms with van der Waals surface area (Å²) in [6.45, 7) is 7.32. The lowest BCUT2D eigenvalue weighted by Crippen LogP contribution is -2.64. The highest BCUT2D eigenvalue weighted by atomic mass is 127. The van der Waals surface area contributed by atoms with E-state index in [0.717, 1.165) is 20.1 Å². The van der Waals surface area contributed by atoms with Crippen LogP contribution in [0.4, 0.5) is 0 Å². The SMILES string of the molecule is CCc1ccc(C(=O)[N+](Cl)(N(Cl)C(=O)c2ccccc2I)C(C)(C)C)cc1.Cl. The van der Waals surface area contributed by atoms with Crippen LogP contribution in [0, 0.1) is 3.57 Å². The van der Waals surface area contributed by atoms with Gasteiger partial charge in [0.05, 0.1) is 22.9 Å². The van der Waals surface area contributed by atoms with Crippen LogP contribution in [-0.4, -0.2) is 26.0 Å². The predicted molar refractivity (Wildman–Crippen MR) is 124 cm³/mol. The van der Waals surface area contributed by atoms with Gasteiger partial charge >= 0.3 is 11.8 Å². The van der Waals surface area contributed by atoms with Gasteiger partial charge in [0.2, 0.25) is 11.8 Å². The third-order valence-electron chi connectivity index (χ3n) is 4.28. The number of rotatable bonds is 3. The molecule has 0 fully saturated rings. The number of benzene rings is 2. The zero-order valence-electron chi connectivity index (χ0n) is 16.1. The number of quaternary nitrogens is 1. The summed E-state index contributed by atoms with van der Waals surface area (Å²) in [6.07, 6.45) is 0.862. The normalized spacial score (nSPS) is 13.2. The van der Waals surface area contributed by atoms with E-state index in [9.17, 15) is 9.59 Å². The second-order valence-corrected chi connectivity index (χ2v) is 9.10. The van der Waals surface area contributed by atoms with Gasteiger partial charge in [0.1, 0.15) is 5.54 Å². The fourth-order valence-corrected chi connectivity index (χ4v) is 3.73. The summed E-state index contributed by atoms with van der Waals surface area (Å²) < 4.78 is 0.599. The molecule has 0 heterocycles. The number of hydrogen-bond acceptors (Lipinski definition) is 2. The summed E-state index contributed by atoms with van der Waals surface area (Å²) >= 11 is 15.3. The summed E-state index contributed by atoms with van der Waals surface area (Å²) in [4.78, 5) is 26.4. The molecule has 2 rings (SSSR count). The van der Waals surface area contributed by atoms with E-state index in [4.69, 9.17) is 23.6 Å². The standard InChI is InChI=1S/C20H22Cl2IN2O2.ClH/c1-5-14-10-12-15(13-11-14)19(27)25(22,20(2,3)4)24(21)18(26)16-8-6-7-9-17(16)23;/h6-13H,5H2,1-4H3;1H/q+1;. The number of carbonyl (C=O) groups is 2. The molecule has 4 nitrogen and oxygen atoms in total. The van der Waals surface area contributed by atoms with Gasteiger partial charge in [-0.25, -0.2) is 4.79 Å². The van der Waals surface area contributed by atoms with Crippen LogP contribution in [0.5, 0.6) is 0 Å². The first-order chi connectivity index (χ1) is 12.5. The molecule has 0 saturated carbocycles. The number of nitrogens with zero attached hydrogens (tertiary/aromatic N) is 2. The Kier molecular flexibility index (Phi) is 8.78. The van der Waals surface area contributed by atoms with E-state index in [2.05, 4.69) is 22.6 Å². The average Bonchev–Trinajstić information content (AvgIpc) is 2.65. The maximum absolute atomic E-state index is 13.3. The maximum Gasteiger partial charge on any atom is 0.390 e. The molecule has 1 atom stereocenters. The Bertz CT molecular complexity index is 853. The van der Waals surface area contributed by atoms with Gasteiger partial charge in [0.15, 0.2) is 0 Å². The highest BCUT2D eigenvalue weighted by molar-refractivity contribution is 14.1. The Labute approximate surface area is 196 Å². The zero-order chi connectivity index (χ0) is 20.4. The predicted octanol–water partition coefficient (Wildman–Crippen LogP) is 6.40. The molecule has 2 aromatic rings. The van der Waals surface area contributed by atoms with E-state index in [0.29, 0.717) is 11.1 Å². The summed E-state index contributed by atoms with van der Waals surface area (Å²) in [7, 11) is 0. The van der Waals surface area contributed by atoms with E-state index >= 15 is 0 Å². The Morgan fingerprint density at radius 1 is 1.07 bits per heavy atom. The van der Waals surface area contributed by atoms with Crippen LogP contribution in [0.3, 0.4) is 0 Å². The molecule has 0 aromatic heterocycles. The number of hydrogen-bond donors (Lipinski definition) is 0. The molecule has 8 heteroatoms. The van der Waals surface area contributed by atoms with Crippen molar-refractivity contribution in [1.82, 2.24) is 4.53 Å². The lowest BCUT2D eigenvalue weighted by atomic mass is 10.0. The van der Waals surface area contributed by atoms with Gasteiger partial charge in [0.25, 0.3) is 0 Å². The van der Waals surface area contributed by atoms with Crippen molar-refractivity contribution in [3.05, 3.63) is 68.8 Å².